The fourth-order valence-corrected chi connectivity index (χ4v) is 4.81. The van der Waals surface area contributed by atoms with Crippen LogP contribution in [-0.2, 0) is 0 Å². The van der Waals surface area contributed by atoms with E-state index < -0.39 is 0 Å². The number of hydrogen-bond acceptors (Lipinski definition) is 2. The van der Waals surface area contributed by atoms with Crippen LogP contribution >= 0.6 is 0 Å². The Bertz CT molecular complexity index is 1350. The van der Waals surface area contributed by atoms with Crippen LogP contribution in [0.1, 0.15) is 29.0 Å². The van der Waals surface area contributed by atoms with Crippen molar-refractivity contribution in [3.05, 3.63) is 144 Å². The molecule has 0 radical (unpaired) electrons. The first-order valence-corrected chi connectivity index (χ1v) is 11.0. The van der Waals surface area contributed by atoms with E-state index in [1.807, 2.05) is 0 Å². The molecule has 5 aromatic rings. The zero-order chi connectivity index (χ0) is 21.3. The summed E-state index contributed by atoms with van der Waals surface area (Å²) >= 11 is 0. The van der Waals surface area contributed by atoms with Crippen LogP contribution in [0.3, 0.4) is 0 Å². The topological polar surface area (TPSA) is 12.5 Å². The second kappa shape index (κ2) is 7.90. The molecule has 6 rings (SSSR count). The van der Waals surface area contributed by atoms with Gasteiger partial charge in [0.2, 0.25) is 0 Å². The lowest BCUT2D eigenvalue weighted by molar-refractivity contribution is 0.170. The van der Waals surface area contributed by atoms with Gasteiger partial charge in [0.15, 0.2) is 6.23 Å². The number of rotatable bonds is 3. The highest BCUT2D eigenvalue weighted by Crippen LogP contribution is 2.50. The fourth-order valence-electron chi connectivity index (χ4n) is 4.81. The average molecular weight is 414 g/mol. The molecular formula is C30H23NO. The van der Waals surface area contributed by atoms with Gasteiger partial charge in [-0.05, 0) is 34.5 Å². The van der Waals surface area contributed by atoms with Crippen molar-refractivity contribution in [1.82, 2.24) is 0 Å². The van der Waals surface area contributed by atoms with Gasteiger partial charge in [0.1, 0.15) is 5.75 Å². The molecular weight excluding hydrogens is 390 g/mol. The van der Waals surface area contributed by atoms with Crippen molar-refractivity contribution in [2.24, 2.45) is 0 Å². The van der Waals surface area contributed by atoms with E-state index in [2.05, 4.69) is 132 Å². The summed E-state index contributed by atoms with van der Waals surface area (Å²) in [5, 5.41) is 2.45. The zero-order valence-corrected chi connectivity index (χ0v) is 17.6. The smallest absolute Gasteiger partial charge is 0.199 e. The Morgan fingerprint density at radius 3 is 1.84 bits per heavy atom. The molecule has 1 aliphatic rings. The monoisotopic (exact) mass is 413 g/mol. The molecule has 32 heavy (non-hydrogen) atoms. The SMILES string of the molecule is c1ccc([C@H]2c3c(ccc4ccccc34)O[C@H](c3ccccc3)N2c2ccccc2)cc1. The minimum atomic E-state index is -0.238. The minimum Gasteiger partial charge on any atom is -0.466 e. The van der Waals surface area contributed by atoms with Crippen LogP contribution in [0.5, 0.6) is 5.75 Å². The number of ether oxygens (including phenoxy) is 1. The molecule has 154 valence electrons. The third-order valence-electron chi connectivity index (χ3n) is 6.23. The maximum absolute atomic E-state index is 6.77. The first-order valence-electron chi connectivity index (χ1n) is 11.0. The first kappa shape index (κ1) is 18.7. The molecule has 0 aliphatic carbocycles. The van der Waals surface area contributed by atoms with E-state index in [4.69, 9.17) is 4.74 Å². The van der Waals surface area contributed by atoms with Crippen molar-refractivity contribution < 1.29 is 4.74 Å². The molecule has 0 saturated heterocycles. The molecule has 0 spiro atoms. The Morgan fingerprint density at radius 1 is 0.531 bits per heavy atom. The van der Waals surface area contributed by atoms with Gasteiger partial charge in [-0.2, -0.15) is 0 Å². The molecule has 0 fully saturated rings. The molecule has 0 aromatic heterocycles. The first-order chi connectivity index (χ1) is 15.9. The summed E-state index contributed by atoms with van der Waals surface area (Å²) in [5.74, 6) is 0.943. The van der Waals surface area contributed by atoms with E-state index in [0.29, 0.717) is 0 Å². The van der Waals surface area contributed by atoms with Crippen molar-refractivity contribution >= 4 is 16.5 Å². The number of fused-ring (bicyclic) bond motifs is 3. The van der Waals surface area contributed by atoms with E-state index >= 15 is 0 Å². The van der Waals surface area contributed by atoms with Gasteiger partial charge in [-0.3, -0.25) is 0 Å². The standard InChI is InChI=1S/C30H23NO/c1-4-13-23(14-5-1)29-28-26-19-11-10-12-22(26)20-21-27(28)32-30(24-15-6-2-7-16-24)31(29)25-17-8-3-9-18-25/h1-21,29-30H/t29-,30+/m0/s1. The third kappa shape index (κ3) is 3.12. The molecule has 2 heteroatoms. The minimum absolute atomic E-state index is 0.0126. The van der Waals surface area contributed by atoms with Crippen molar-refractivity contribution in [1.29, 1.82) is 0 Å². The lowest BCUT2D eigenvalue weighted by atomic mass is 9.89. The summed E-state index contributed by atoms with van der Waals surface area (Å²) in [4.78, 5) is 2.42. The van der Waals surface area contributed by atoms with Crippen molar-refractivity contribution in [2.45, 2.75) is 12.3 Å². The quantitative estimate of drug-likeness (QED) is 0.303. The van der Waals surface area contributed by atoms with E-state index in [0.717, 1.165) is 17.0 Å². The summed E-state index contributed by atoms with van der Waals surface area (Å²) in [6.07, 6.45) is -0.238. The predicted octanol–water partition coefficient (Wildman–Crippen LogP) is 7.53. The molecule has 0 unspecified atom stereocenters. The molecule has 2 atom stereocenters. The number of para-hydroxylation sites is 1. The lowest BCUT2D eigenvalue weighted by Gasteiger charge is -2.45. The van der Waals surface area contributed by atoms with Crippen LogP contribution in [0.4, 0.5) is 5.69 Å². The van der Waals surface area contributed by atoms with E-state index in [-0.39, 0.29) is 12.3 Å². The Labute approximate surface area is 188 Å². The maximum atomic E-state index is 6.77. The second-order valence-corrected chi connectivity index (χ2v) is 8.14. The number of benzene rings is 5. The van der Waals surface area contributed by atoms with Crippen molar-refractivity contribution in [3.63, 3.8) is 0 Å². The average Bonchev–Trinajstić information content (AvgIpc) is 2.89. The van der Waals surface area contributed by atoms with Gasteiger partial charge in [-0.25, -0.2) is 0 Å². The Kier molecular flexibility index (Phi) is 4.62. The highest BCUT2D eigenvalue weighted by Gasteiger charge is 2.38. The summed E-state index contributed by atoms with van der Waals surface area (Å²) in [6.45, 7) is 0. The third-order valence-corrected chi connectivity index (χ3v) is 6.23. The van der Waals surface area contributed by atoms with E-state index in [1.54, 1.807) is 0 Å². The molecule has 1 aliphatic heterocycles. The highest BCUT2D eigenvalue weighted by atomic mass is 16.5. The number of nitrogens with zero attached hydrogens (tertiary/aromatic N) is 1. The van der Waals surface area contributed by atoms with Gasteiger partial charge >= 0.3 is 0 Å². The lowest BCUT2D eigenvalue weighted by Crippen LogP contribution is -2.40. The van der Waals surface area contributed by atoms with Crippen LogP contribution in [0, 0.1) is 0 Å². The fraction of sp³-hybridized carbons (Fsp3) is 0.0667. The molecule has 0 amide bonds. The summed E-state index contributed by atoms with van der Waals surface area (Å²) < 4.78 is 6.77. The van der Waals surface area contributed by atoms with Gasteiger partial charge in [0.25, 0.3) is 0 Å². The van der Waals surface area contributed by atoms with Crippen LogP contribution < -0.4 is 9.64 Å². The number of anilines is 1. The van der Waals surface area contributed by atoms with Crippen molar-refractivity contribution in [2.75, 3.05) is 4.90 Å². The van der Waals surface area contributed by atoms with Gasteiger partial charge in [0.05, 0.1) is 6.04 Å². The van der Waals surface area contributed by atoms with Gasteiger partial charge in [-0.1, -0.05) is 109 Å². The Hall–Kier alpha value is -4.04. The van der Waals surface area contributed by atoms with Crippen molar-refractivity contribution in [3.8, 4) is 5.75 Å². The van der Waals surface area contributed by atoms with Gasteiger partial charge < -0.3 is 9.64 Å². The molecule has 0 bridgehead atoms. The zero-order valence-electron chi connectivity index (χ0n) is 17.6. The molecule has 5 aromatic carbocycles. The van der Waals surface area contributed by atoms with Crippen LogP contribution in [-0.4, -0.2) is 0 Å². The highest BCUT2D eigenvalue weighted by molar-refractivity contribution is 5.89. The number of hydrogen-bond donors (Lipinski definition) is 0. The maximum Gasteiger partial charge on any atom is 0.199 e. The molecule has 0 saturated carbocycles. The Balaban J connectivity index is 1.67. The summed E-state index contributed by atoms with van der Waals surface area (Å²) in [7, 11) is 0. The van der Waals surface area contributed by atoms with Gasteiger partial charge in [0, 0.05) is 16.8 Å². The van der Waals surface area contributed by atoms with E-state index in [9.17, 15) is 0 Å². The normalized spacial score (nSPS) is 17.6. The predicted molar refractivity (Wildman–Crippen MR) is 131 cm³/mol. The summed E-state index contributed by atoms with van der Waals surface area (Å²) in [6, 6.07) is 44.8. The Morgan fingerprint density at radius 2 is 1.12 bits per heavy atom. The summed E-state index contributed by atoms with van der Waals surface area (Å²) in [5.41, 5.74) is 4.73. The van der Waals surface area contributed by atoms with Crippen LogP contribution in [0.25, 0.3) is 10.8 Å². The molecule has 1 heterocycles. The molecule has 0 N–H and O–H groups in total. The molecule has 2 nitrogen and oxygen atoms in total. The van der Waals surface area contributed by atoms with Crippen LogP contribution in [0.2, 0.25) is 0 Å². The van der Waals surface area contributed by atoms with E-state index in [1.165, 1.54) is 21.9 Å². The van der Waals surface area contributed by atoms with Crippen LogP contribution in [0.15, 0.2) is 127 Å². The van der Waals surface area contributed by atoms with Gasteiger partial charge in [-0.15, -0.1) is 0 Å². The largest absolute Gasteiger partial charge is 0.466 e. The second-order valence-electron chi connectivity index (χ2n) is 8.14.